The number of nitrogens with one attached hydrogen (secondary N) is 1. The lowest BCUT2D eigenvalue weighted by atomic mass is 10.4. The number of ether oxygens (including phenoxy) is 1. The van der Waals surface area contributed by atoms with Gasteiger partial charge in [-0.05, 0) is 28.1 Å². The van der Waals surface area contributed by atoms with Gasteiger partial charge in [0.05, 0.1) is 28.8 Å². The zero-order valence-electron chi connectivity index (χ0n) is 10.1. The Morgan fingerprint density at radius 1 is 1.50 bits per heavy atom. The van der Waals surface area contributed by atoms with Crippen molar-refractivity contribution < 1.29 is 4.74 Å². The molecule has 0 aliphatic carbocycles. The van der Waals surface area contributed by atoms with Crippen LogP contribution in [-0.2, 0) is 17.8 Å². The van der Waals surface area contributed by atoms with Crippen LogP contribution in [0.5, 0.6) is 0 Å². The van der Waals surface area contributed by atoms with Crippen LogP contribution in [0.25, 0.3) is 0 Å². The maximum absolute atomic E-state index is 4.96. The van der Waals surface area contributed by atoms with Crippen molar-refractivity contribution in [3.05, 3.63) is 32.7 Å². The summed E-state index contributed by atoms with van der Waals surface area (Å²) in [6, 6.07) is 4.14. The Hall–Kier alpha value is -0.760. The van der Waals surface area contributed by atoms with Gasteiger partial charge in [0.2, 0.25) is 0 Å². The molecule has 0 saturated heterocycles. The normalized spacial score (nSPS) is 11.0. The van der Waals surface area contributed by atoms with Crippen LogP contribution in [0.15, 0.2) is 22.1 Å². The Morgan fingerprint density at radius 3 is 3.11 bits per heavy atom. The van der Waals surface area contributed by atoms with E-state index in [2.05, 4.69) is 37.6 Å². The summed E-state index contributed by atoms with van der Waals surface area (Å²) >= 11 is 5.16. The van der Waals surface area contributed by atoms with Gasteiger partial charge < -0.3 is 10.1 Å². The van der Waals surface area contributed by atoms with Crippen LogP contribution in [0.1, 0.15) is 10.6 Å². The molecule has 0 spiro atoms. The Kier molecular flexibility index (Phi) is 5.30. The zero-order chi connectivity index (χ0) is 12.8. The SMILES string of the molecule is COCCNCc1cn(Cc2ccc(Br)s2)nn1. The lowest BCUT2D eigenvalue weighted by Crippen LogP contribution is -2.18. The van der Waals surface area contributed by atoms with Crippen LogP contribution in [0.3, 0.4) is 0 Å². The third-order valence-electron chi connectivity index (χ3n) is 2.32. The van der Waals surface area contributed by atoms with Crippen LogP contribution < -0.4 is 5.32 Å². The molecule has 98 valence electrons. The number of methoxy groups -OCH3 is 1. The van der Waals surface area contributed by atoms with Crippen LogP contribution in [-0.4, -0.2) is 35.3 Å². The Morgan fingerprint density at radius 2 is 2.39 bits per heavy atom. The average Bonchev–Trinajstić information content (AvgIpc) is 2.95. The molecular weight excluding hydrogens is 316 g/mol. The molecule has 18 heavy (non-hydrogen) atoms. The van der Waals surface area contributed by atoms with E-state index in [1.807, 2.05) is 16.9 Å². The molecule has 0 fully saturated rings. The van der Waals surface area contributed by atoms with E-state index in [0.717, 1.165) is 29.1 Å². The summed E-state index contributed by atoms with van der Waals surface area (Å²) in [7, 11) is 1.69. The zero-order valence-corrected chi connectivity index (χ0v) is 12.5. The lowest BCUT2D eigenvalue weighted by Gasteiger charge is -1.99. The molecule has 0 amide bonds. The van der Waals surface area contributed by atoms with E-state index in [1.165, 1.54) is 4.88 Å². The van der Waals surface area contributed by atoms with Gasteiger partial charge >= 0.3 is 0 Å². The van der Waals surface area contributed by atoms with Crippen molar-refractivity contribution in [1.29, 1.82) is 0 Å². The number of hydrogen-bond donors (Lipinski definition) is 1. The molecular formula is C11H15BrN4OS. The fourth-order valence-corrected chi connectivity index (χ4v) is 2.96. The second-order valence-corrected chi connectivity index (χ2v) is 6.33. The number of aromatic nitrogens is 3. The van der Waals surface area contributed by atoms with E-state index in [0.29, 0.717) is 6.61 Å². The molecule has 1 N–H and O–H groups in total. The second kappa shape index (κ2) is 6.98. The number of halogens is 1. The summed E-state index contributed by atoms with van der Waals surface area (Å²) < 4.78 is 7.95. The molecule has 2 heterocycles. The lowest BCUT2D eigenvalue weighted by molar-refractivity contribution is 0.199. The first-order chi connectivity index (χ1) is 8.78. The van der Waals surface area contributed by atoms with E-state index < -0.39 is 0 Å². The van der Waals surface area contributed by atoms with Crippen molar-refractivity contribution >= 4 is 27.3 Å². The minimum atomic E-state index is 0.706. The maximum atomic E-state index is 4.96. The van der Waals surface area contributed by atoms with Crippen molar-refractivity contribution in [1.82, 2.24) is 20.3 Å². The molecule has 2 aromatic rings. The van der Waals surface area contributed by atoms with Crippen LogP contribution in [0.4, 0.5) is 0 Å². The molecule has 0 atom stereocenters. The monoisotopic (exact) mass is 330 g/mol. The fourth-order valence-electron chi connectivity index (χ4n) is 1.48. The summed E-state index contributed by atoms with van der Waals surface area (Å²) in [5.41, 5.74) is 0.946. The van der Waals surface area contributed by atoms with Gasteiger partial charge in [0.15, 0.2) is 0 Å². The summed E-state index contributed by atoms with van der Waals surface area (Å²) in [6.07, 6.45) is 1.97. The average molecular weight is 331 g/mol. The van der Waals surface area contributed by atoms with E-state index in [4.69, 9.17) is 4.74 Å². The first kappa shape index (κ1) is 13.7. The molecule has 0 bridgehead atoms. The van der Waals surface area contributed by atoms with Crippen molar-refractivity contribution in [3.63, 3.8) is 0 Å². The van der Waals surface area contributed by atoms with Gasteiger partial charge in [-0.1, -0.05) is 5.21 Å². The number of rotatable bonds is 7. The van der Waals surface area contributed by atoms with Crippen molar-refractivity contribution in [2.24, 2.45) is 0 Å². The minimum absolute atomic E-state index is 0.706. The second-order valence-electron chi connectivity index (χ2n) is 3.78. The first-order valence-corrected chi connectivity index (χ1v) is 7.22. The quantitative estimate of drug-likeness (QED) is 0.787. The maximum Gasteiger partial charge on any atom is 0.0965 e. The van der Waals surface area contributed by atoms with Gasteiger partial charge in [-0.25, -0.2) is 4.68 Å². The highest BCUT2D eigenvalue weighted by atomic mass is 79.9. The molecule has 0 saturated carbocycles. The van der Waals surface area contributed by atoms with E-state index in [1.54, 1.807) is 18.4 Å². The van der Waals surface area contributed by atoms with Gasteiger partial charge in [-0.2, -0.15) is 0 Å². The van der Waals surface area contributed by atoms with Crippen LogP contribution in [0, 0.1) is 0 Å². The topological polar surface area (TPSA) is 52.0 Å². The third-order valence-corrected chi connectivity index (χ3v) is 3.93. The summed E-state index contributed by atoms with van der Waals surface area (Å²) in [5.74, 6) is 0. The highest BCUT2D eigenvalue weighted by Gasteiger charge is 2.03. The van der Waals surface area contributed by atoms with Gasteiger partial charge in [-0.3, -0.25) is 0 Å². The first-order valence-electron chi connectivity index (χ1n) is 5.61. The van der Waals surface area contributed by atoms with Gasteiger partial charge in [0.25, 0.3) is 0 Å². The molecule has 0 aliphatic rings. The molecule has 7 heteroatoms. The van der Waals surface area contributed by atoms with Crippen molar-refractivity contribution in [2.45, 2.75) is 13.1 Å². The number of hydrogen-bond acceptors (Lipinski definition) is 5. The Balaban J connectivity index is 1.82. The third kappa shape index (κ3) is 4.16. The van der Waals surface area contributed by atoms with E-state index in [-0.39, 0.29) is 0 Å². The molecule has 0 unspecified atom stereocenters. The fraction of sp³-hybridized carbons (Fsp3) is 0.455. The predicted molar refractivity (Wildman–Crippen MR) is 74.7 cm³/mol. The molecule has 2 aromatic heterocycles. The number of thiophene rings is 1. The summed E-state index contributed by atoms with van der Waals surface area (Å²) in [6.45, 7) is 3.01. The Bertz CT molecular complexity index is 485. The molecule has 0 aliphatic heterocycles. The molecule has 0 radical (unpaired) electrons. The number of nitrogens with zero attached hydrogens (tertiary/aromatic N) is 3. The molecule has 0 aromatic carbocycles. The predicted octanol–water partition coefficient (Wildman–Crippen LogP) is 1.89. The van der Waals surface area contributed by atoms with Gasteiger partial charge in [0, 0.05) is 25.1 Å². The highest BCUT2D eigenvalue weighted by Crippen LogP contribution is 2.22. The summed E-state index contributed by atoms with van der Waals surface area (Å²) in [4.78, 5) is 1.26. The minimum Gasteiger partial charge on any atom is -0.383 e. The standard InChI is InChI=1S/C11H15BrN4OS/c1-17-5-4-13-6-9-7-16(15-14-9)8-10-2-3-11(12)18-10/h2-3,7,13H,4-6,8H2,1H3. The highest BCUT2D eigenvalue weighted by molar-refractivity contribution is 9.11. The van der Waals surface area contributed by atoms with Crippen molar-refractivity contribution in [2.75, 3.05) is 20.3 Å². The molecule has 5 nitrogen and oxygen atoms in total. The van der Waals surface area contributed by atoms with E-state index >= 15 is 0 Å². The van der Waals surface area contributed by atoms with Crippen LogP contribution >= 0.6 is 27.3 Å². The summed E-state index contributed by atoms with van der Waals surface area (Å²) in [5, 5.41) is 11.5. The van der Waals surface area contributed by atoms with Crippen LogP contribution in [0.2, 0.25) is 0 Å². The smallest absolute Gasteiger partial charge is 0.0965 e. The van der Waals surface area contributed by atoms with Crippen molar-refractivity contribution in [3.8, 4) is 0 Å². The Labute approximate surface area is 118 Å². The van der Waals surface area contributed by atoms with Gasteiger partial charge in [-0.15, -0.1) is 16.4 Å². The molecule has 2 rings (SSSR count). The van der Waals surface area contributed by atoms with Gasteiger partial charge in [0.1, 0.15) is 0 Å². The largest absolute Gasteiger partial charge is 0.383 e. The van der Waals surface area contributed by atoms with E-state index in [9.17, 15) is 0 Å².